The van der Waals surface area contributed by atoms with Crippen molar-refractivity contribution in [1.29, 1.82) is 0 Å². The van der Waals surface area contributed by atoms with Crippen LogP contribution in [0, 0.1) is 5.92 Å². The molecule has 0 saturated carbocycles. The Bertz CT molecular complexity index is 1210. The average molecular weight is 528 g/mol. The molecule has 3 aromatic rings. The normalized spacial score (nSPS) is 15.3. The number of halogens is 1. The van der Waals surface area contributed by atoms with Gasteiger partial charge in [-0.15, -0.1) is 0 Å². The van der Waals surface area contributed by atoms with Gasteiger partial charge in [0.2, 0.25) is 0 Å². The molecule has 32 heavy (non-hydrogen) atoms. The summed E-state index contributed by atoms with van der Waals surface area (Å²) in [5.74, 6) is 1.03. The number of thiocarbonyl (C=S) groups is 1. The number of para-hydroxylation sites is 1. The zero-order valence-electron chi connectivity index (χ0n) is 17.9. The van der Waals surface area contributed by atoms with Gasteiger partial charge in [0.25, 0.3) is 5.91 Å². The largest absolute Gasteiger partial charge is 0.496 e. The standard InChI is InChI=1S/C24H22BrN3O2S2/c1-15(2)13-27-23(29)21(32-24(27)31)12-17-14-28(18-7-5-4-6-8-18)26-22(17)16-9-10-20(30-3)19(25)11-16/h4-12,14-15H,13H2,1-3H3. The molecule has 2 aromatic carbocycles. The molecule has 8 heteroatoms. The first-order chi connectivity index (χ1) is 15.4. The molecule has 1 aromatic heterocycles. The van der Waals surface area contributed by atoms with Gasteiger partial charge >= 0.3 is 0 Å². The lowest BCUT2D eigenvalue weighted by Gasteiger charge is -2.16. The Morgan fingerprint density at radius 2 is 1.97 bits per heavy atom. The third-order valence-corrected chi connectivity index (χ3v) is 6.89. The van der Waals surface area contributed by atoms with Crippen LogP contribution in [0.2, 0.25) is 0 Å². The van der Waals surface area contributed by atoms with Crippen LogP contribution in [0.3, 0.4) is 0 Å². The molecule has 0 bridgehead atoms. The fourth-order valence-corrected chi connectivity index (χ4v) is 5.21. The molecule has 0 aliphatic carbocycles. The van der Waals surface area contributed by atoms with Crippen LogP contribution < -0.4 is 4.74 Å². The quantitative estimate of drug-likeness (QED) is 0.283. The second-order valence-electron chi connectivity index (χ2n) is 7.75. The molecule has 4 rings (SSSR count). The van der Waals surface area contributed by atoms with Crippen molar-refractivity contribution in [2.24, 2.45) is 5.92 Å². The predicted molar refractivity (Wildman–Crippen MR) is 138 cm³/mol. The van der Waals surface area contributed by atoms with Crippen molar-refractivity contribution in [3.8, 4) is 22.7 Å². The Labute approximate surface area is 205 Å². The Morgan fingerprint density at radius 1 is 1.22 bits per heavy atom. The third-order valence-electron chi connectivity index (χ3n) is 4.90. The highest BCUT2D eigenvalue weighted by atomic mass is 79.9. The van der Waals surface area contributed by atoms with Gasteiger partial charge in [0.15, 0.2) is 0 Å². The molecule has 2 heterocycles. The van der Waals surface area contributed by atoms with Crippen molar-refractivity contribution in [2.75, 3.05) is 13.7 Å². The number of ether oxygens (including phenoxy) is 1. The number of aromatic nitrogens is 2. The summed E-state index contributed by atoms with van der Waals surface area (Å²) in [4.78, 5) is 15.3. The first-order valence-corrected chi connectivity index (χ1v) is 12.1. The Kier molecular flexibility index (Phi) is 6.83. The fraction of sp³-hybridized carbons (Fsp3) is 0.208. The van der Waals surface area contributed by atoms with E-state index in [-0.39, 0.29) is 5.91 Å². The van der Waals surface area contributed by atoms with Crippen molar-refractivity contribution in [3.05, 3.63) is 69.7 Å². The molecule has 1 aliphatic rings. The van der Waals surface area contributed by atoms with Crippen LogP contribution in [-0.4, -0.2) is 38.6 Å². The lowest BCUT2D eigenvalue weighted by atomic mass is 10.1. The highest BCUT2D eigenvalue weighted by Crippen LogP contribution is 2.36. The summed E-state index contributed by atoms with van der Waals surface area (Å²) >= 11 is 10.4. The highest BCUT2D eigenvalue weighted by Gasteiger charge is 2.32. The zero-order chi connectivity index (χ0) is 22.8. The van der Waals surface area contributed by atoms with Crippen LogP contribution in [0.5, 0.6) is 5.75 Å². The van der Waals surface area contributed by atoms with E-state index < -0.39 is 0 Å². The number of benzene rings is 2. The number of amides is 1. The van der Waals surface area contributed by atoms with Crippen molar-refractivity contribution in [3.63, 3.8) is 0 Å². The van der Waals surface area contributed by atoms with E-state index in [1.165, 1.54) is 11.8 Å². The van der Waals surface area contributed by atoms with Gasteiger partial charge in [-0.3, -0.25) is 9.69 Å². The number of hydrogen-bond acceptors (Lipinski definition) is 5. The van der Waals surface area contributed by atoms with E-state index in [4.69, 9.17) is 22.1 Å². The van der Waals surface area contributed by atoms with Crippen LogP contribution in [0.15, 0.2) is 64.1 Å². The minimum Gasteiger partial charge on any atom is -0.496 e. The van der Waals surface area contributed by atoms with Crippen LogP contribution in [-0.2, 0) is 4.79 Å². The monoisotopic (exact) mass is 527 g/mol. The first kappa shape index (κ1) is 22.8. The molecule has 1 amide bonds. The smallest absolute Gasteiger partial charge is 0.266 e. The van der Waals surface area contributed by atoms with Gasteiger partial charge in [0.05, 0.1) is 22.2 Å². The van der Waals surface area contributed by atoms with Gasteiger partial charge in [0, 0.05) is 23.9 Å². The van der Waals surface area contributed by atoms with Crippen molar-refractivity contribution < 1.29 is 9.53 Å². The number of thioether (sulfide) groups is 1. The van der Waals surface area contributed by atoms with Crippen LogP contribution >= 0.6 is 39.9 Å². The molecular formula is C24H22BrN3O2S2. The summed E-state index contributed by atoms with van der Waals surface area (Å²) in [6.07, 6.45) is 3.83. The molecule has 0 unspecified atom stereocenters. The third kappa shape index (κ3) is 4.67. The summed E-state index contributed by atoms with van der Waals surface area (Å²) in [7, 11) is 1.63. The topological polar surface area (TPSA) is 47.4 Å². The number of carbonyl (C=O) groups excluding carboxylic acids is 1. The minimum atomic E-state index is -0.0528. The van der Waals surface area contributed by atoms with Gasteiger partial charge in [-0.25, -0.2) is 4.68 Å². The maximum atomic E-state index is 13.0. The Balaban J connectivity index is 1.80. The number of nitrogens with zero attached hydrogens (tertiary/aromatic N) is 3. The summed E-state index contributed by atoms with van der Waals surface area (Å²) in [5, 5.41) is 4.84. The fourth-order valence-electron chi connectivity index (χ4n) is 3.41. The van der Waals surface area contributed by atoms with E-state index in [2.05, 4.69) is 29.8 Å². The molecule has 164 valence electrons. The van der Waals surface area contributed by atoms with Crippen LogP contribution in [0.4, 0.5) is 0 Å². The SMILES string of the molecule is COc1ccc(-c2nn(-c3ccccc3)cc2C=C2SC(=S)N(CC(C)C)C2=O)cc1Br. The lowest BCUT2D eigenvalue weighted by Crippen LogP contribution is -2.31. The summed E-state index contributed by atoms with van der Waals surface area (Å²) in [6.45, 7) is 4.77. The summed E-state index contributed by atoms with van der Waals surface area (Å²) in [6, 6.07) is 15.7. The molecule has 0 N–H and O–H groups in total. The molecule has 1 fully saturated rings. The van der Waals surface area contributed by atoms with Gasteiger partial charge in [0.1, 0.15) is 15.8 Å². The van der Waals surface area contributed by atoms with E-state index in [0.717, 1.165) is 32.7 Å². The molecular weight excluding hydrogens is 506 g/mol. The number of methoxy groups -OCH3 is 1. The predicted octanol–water partition coefficient (Wildman–Crippen LogP) is 6.17. The Morgan fingerprint density at radius 3 is 2.62 bits per heavy atom. The highest BCUT2D eigenvalue weighted by molar-refractivity contribution is 9.10. The van der Waals surface area contributed by atoms with E-state index >= 15 is 0 Å². The van der Waals surface area contributed by atoms with Crippen molar-refractivity contribution in [1.82, 2.24) is 14.7 Å². The molecule has 1 saturated heterocycles. The van der Waals surface area contributed by atoms with Gasteiger partial charge < -0.3 is 4.74 Å². The second kappa shape index (κ2) is 9.60. The van der Waals surface area contributed by atoms with Crippen LogP contribution in [0.1, 0.15) is 19.4 Å². The summed E-state index contributed by atoms with van der Waals surface area (Å²) in [5.41, 5.74) is 3.46. The van der Waals surface area contributed by atoms with Gasteiger partial charge in [-0.1, -0.05) is 56.0 Å². The Hall–Kier alpha value is -2.42. The zero-order valence-corrected chi connectivity index (χ0v) is 21.1. The van der Waals surface area contributed by atoms with E-state index in [9.17, 15) is 4.79 Å². The van der Waals surface area contributed by atoms with E-state index in [0.29, 0.717) is 21.7 Å². The number of rotatable bonds is 6. The van der Waals surface area contributed by atoms with E-state index in [1.807, 2.05) is 65.5 Å². The van der Waals surface area contributed by atoms with Gasteiger partial charge in [-0.05, 0) is 58.3 Å². The summed E-state index contributed by atoms with van der Waals surface area (Å²) < 4.78 is 8.62. The van der Waals surface area contributed by atoms with Crippen molar-refractivity contribution in [2.45, 2.75) is 13.8 Å². The molecule has 5 nitrogen and oxygen atoms in total. The second-order valence-corrected chi connectivity index (χ2v) is 10.3. The maximum absolute atomic E-state index is 13.0. The molecule has 1 aliphatic heterocycles. The number of carbonyl (C=O) groups is 1. The average Bonchev–Trinajstić information content (AvgIpc) is 3.31. The van der Waals surface area contributed by atoms with Crippen LogP contribution in [0.25, 0.3) is 23.0 Å². The maximum Gasteiger partial charge on any atom is 0.266 e. The van der Waals surface area contributed by atoms with Crippen molar-refractivity contribution >= 4 is 56.2 Å². The van der Waals surface area contributed by atoms with Gasteiger partial charge in [-0.2, -0.15) is 5.10 Å². The molecule has 0 radical (unpaired) electrons. The lowest BCUT2D eigenvalue weighted by molar-refractivity contribution is -0.122. The molecule has 0 spiro atoms. The minimum absolute atomic E-state index is 0.0528. The van der Waals surface area contributed by atoms with E-state index in [1.54, 1.807) is 12.0 Å². The first-order valence-electron chi connectivity index (χ1n) is 10.1. The number of hydrogen-bond donors (Lipinski definition) is 0. The molecule has 0 atom stereocenters.